The van der Waals surface area contributed by atoms with Crippen molar-refractivity contribution < 1.29 is 4.74 Å². The van der Waals surface area contributed by atoms with E-state index in [1.165, 1.54) is 5.52 Å². The summed E-state index contributed by atoms with van der Waals surface area (Å²) in [6.45, 7) is 8.34. The van der Waals surface area contributed by atoms with Crippen LogP contribution in [0.3, 0.4) is 0 Å². The third-order valence-corrected chi connectivity index (χ3v) is 3.82. The van der Waals surface area contributed by atoms with Crippen LogP contribution in [-0.4, -0.2) is 48.9 Å². The molecule has 0 aliphatic rings. The molecule has 0 aliphatic heterocycles. The first-order valence-electron chi connectivity index (χ1n) is 8.69. The van der Waals surface area contributed by atoms with Crippen molar-refractivity contribution in [3.05, 3.63) is 30.1 Å². The highest BCUT2D eigenvalue weighted by atomic mass is 127. The number of ether oxygens (including phenoxy) is 1. The van der Waals surface area contributed by atoms with Crippen LogP contribution in [-0.2, 0) is 11.3 Å². The third kappa shape index (κ3) is 6.81. The number of nitrogens with zero attached hydrogens (tertiary/aromatic N) is 3. The van der Waals surface area contributed by atoms with E-state index in [0.29, 0.717) is 0 Å². The molecular formula is C18H30IN5O. The highest BCUT2D eigenvalue weighted by molar-refractivity contribution is 14.0. The van der Waals surface area contributed by atoms with Crippen molar-refractivity contribution in [2.75, 3.05) is 33.4 Å². The summed E-state index contributed by atoms with van der Waals surface area (Å²) in [5.41, 5.74) is 2.26. The zero-order valence-corrected chi connectivity index (χ0v) is 17.7. The number of fused-ring (bicyclic) bond motifs is 1. The number of guanidine groups is 1. The van der Waals surface area contributed by atoms with Crippen molar-refractivity contribution in [3.63, 3.8) is 0 Å². The van der Waals surface area contributed by atoms with Crippen molar-refractivity contribution in [1.29, 1.82) is 0 Å². The minimum absolute atomic E-state index is 0. The number of benzene rings is 1. The molecule has 0 radical (unpaired) electrons. The van der Waals surface area contributed by atoms with E-state index in [2.05, 4.69) is 57.2 Å². The summed E-state index contributed by atoms with van der Waals surface area (Å²) in [5, 5.41) is 6.60. The van der Waals surface area contributed by atoms with Crippen LogP contribution >= 0.6 is 24.0 Å². The van der Waals surface area contributed by atoms with Gasteiger partial charge < -0.3 is 19.9 Å². The van der Waals surface area contributed by atoms with Gasteiger partial charge in [0.2, 0.25) is 0 Å². The molecule has 6 nitrogen and oxygen atoms in total. The number of para-hydroxylation sites is 2. The molecule has 0 amide bonds. The molecule has 0 saturated heterocycles. The van der Waals surface area contributed by atoms with Crippen LogP contribution < -0.4 is 10.6 Å². The lowest BCUT2D eigenvalue weighted by Crippen LogP contribution is -2.38. The Balaban J connectivity index is 0.00000312. The number of halogens is 1. The second kappa shape index (κ2) is 12.1. The fraction of sp³-hybridized carbons (Fsp3) is 0.556. The molecule has 0 atom stereocenters. The van der Waals surface area contributed by atoms with Gasteiger partial charge >= 0.3 is 0 Å². The quantitative estimate of drug-likeness (QED) is 0.262. The lowest BCUT2D eigenvalue weighted by molar-refractivity contribution is 0.195. The molecule has 0 unspecified atom stereocenters. The summed E-state index contributed by atoms with van der Waals surface area (Å²) in [7, 11) is 1.72. The second-order valence-electron chi connectivity index (χ2n) is 5.69. The van der Waals surface area contributed by atoms with Gasteiger partial charge in [-0.2, -0.15) is 0 Å². The molecule has 140 valence electrons. The van der Waals surface area contributed by atoms with Gasteiger partial charge in [-0.15, -0.1) is 24.0 Å². The highest BCUT2D eigenvalue weighted by Crippen LogP contribution is 2.15. The standard InChI is InChI=1S/C18H29N5O.HI/c1-4-19-18(21-12-8-14-24-3)20-11-7-13-23-15(2)22-16-9-5-6-10-17(16)23;/h5-6,9-10H,4,7-8,11-14H2,1-3H3,(H2,19,20,21);1H. The molecule has 1 aromatic heterocycles. The van der Waals surface area contributed by atoms with Gasteiger partial charge in [-0.3, -0.25) is 4.99 Å². The van der Waals surface area contributed by atoms with Crippen molar-refractivity contribution in [1.82, 2.24) is 20.2 Å². The van der Waals surface area contributed by atoms with Crippen LogP contribution in [0.2, 0.25) is 0 Å². The lowest BCUT2D eigenvalue weighted by atomic mass is 10.3. The molecule has 0 spiro atoms. The molecule has 0 fully saturated rings. The van der Waals surface area contributed by atoms with Gasteiger partial charge in [0.25, 0.3) is 0 Å². The first-order valence-corrected chi connectivity index (χ1v) is 8.69. The molecule has 0 saturated carbocycles. The van der Waals surface area contributed by atoms with E-state index in [9.17, 15) is 0 Å². The van der Waals surface area contributed by atoms with Gasteiger partial charge in [0.05, 0.1) is 11.0 Å². The van der Waals surface area contributed by atoms with E-state index in [-0.39, 0.29) is 24.0 Å². The molecule has 1 aromatic carbocycles. The maximum absolute atomic E-state index is 5.06. The summed E-state index contributed by atoms with van der Waals surface area (Å²) < 4.78 is 7.33. The third-order valence-electron chi connectivity index (χ3n) is 3.82. The molecule has 7 heteroatoms. The summed E-state index contributed by atoms with van der Waals surface area (Å²) in [5.74, 6) is 1.94. The molecule has 2 rings (SSSR count). The van der Waals surface area contributed by atoms with Crippen LogP contribution in [0.25, 0.3) is 11.0 Å². The minimum Gasteiger partial charge on any atom is -0.385 e. The van der Waals surface area contributed by atoms with Crippen molar-refractivity contribution in [2.45, 2.75) is 33.2 Å². The number of nitrogens with one attached hydrogen (secondary N) is 2. The number of rotatable bonds is 9. The fourth-order valence-corrected chi connectivity index (χ4v) is 2.66. The van der Waals surface area contributed by atoms with E-state index >= 15 is 0 Å². The number of aromatic nitrogens is 2. The maximum Gasteiger partial charge on any atom is 0.191 e. The Morgan fingerprint density at radius 1 is 1.24 bits per heavy atom. The first-order chi connectivity index (χ1) is 11.8. The predicted octanol–water partition coefficient (Wildman–Crippen LogP) is 2.94. The Morgan fingerprint density at radius 3 is 2.80 bits per heavy atom. The number of hydrogen-bond donors (Lipinski definition) is 2. The predicted molar refractivity (Wildman–Crippen MR) is 115 cm³/mol. The average Bonchev–Trinajstić information content (AvgIpc) is 2.91. The largest absolute Gasteiger partial charge is 0.385 e. The lowest BCUT2D eigenvalue weighted by Gasteiger charge is -2.11. The van der Waals surface area contributed by atoms with Gasteiger partial charge in [0.15, 0.2) is 5.96 Å². The van der Waals surface area contributed by atoms with Crippen LogP contribution in [0, 0.1) is 6.92 Å². The minimum atomic E-state index is 0. The second-order valence-corrected chi connectivity index (χ2v) is 5.69. The van der Waals surface area contributed by atoms with Crippen molar-refractivity contribution in [2.24, 2.45) is 4.99 Å². The van der Waals surface area contributed by atoms with Crippen LogP contribution in [0.1, 0.15) is 25.6 Å². The van der Waals surface area contributed by atoms with E-state index in [1.807, 2.05) is 6.07 Å². The van der Waals surface area contributed by atoms with Crippen molar-refractivity contribution in [3.8, 4) is 0 Å². The van der Waals surface area contributed by atoms with E-state index in [1.54, 1.807) is 7.11 Å². The van der Waals surface area contributed by atoms with Crippen LogP contribution in [0.4, 0.5) is 0 Å². The summed E-state index contributed by atoms with van der Waals surface area (Å²) >= 11 is 0. The summed E-state index contributed by atoms with van der Waals surface area (Å²) in [6.07, 6.45) is 1.96. The zero-order valence-electron chi connectivity index (χ0n) is 15.4. The summed E-state index contributed by atoms with van der Waals surface area (Å²) in [4.78, 5) is 9.25. The van der Waals surface area contributed by atoms with Gasteiger partial charge in [0, 0.05) is 39.9 Å². The Bertz CT molecular complexity index is 656. The fourth-order valence-electron chi connectivity index (χ4n) is 2.66. The SMILES string of the molecule is CCNC(=NCCCn1c(C)nc2ccccc21)NCCCOC.I. The molecule has 2 N–H and O–H groups in total. The molecule has 0 aliphatic carbocycles. The van der Waals surface area contributed by atoms with Crippen LogP contribution in [0.5, 0.6) is 0 Å². The number of aliphatic imine (C=N–C) groups is 1. The molecule has 0 bridgehead atoms. The Kier molecular flexibility index (Phi) is 10.5. The Hall–Kier alpha value is -1.35. The van der Waals surface area contributed by atoms with E-state index in [0.717, 1.165) is 62.9 Å². The topological polar surface area (TPSA) is 63.5 Å². The molecule has 25 heavy (non-hydrogen) atoms. The molecule has 1 heterocycles. The Labute approximate surface area is 167 Å². The number of hydrogen-bond acceptors (Lipinski definition) is 3. The first kappa shape index (κ1) is 21.7. The van der Waals surface area contributed by atoms with Crippen molar-refractivity contribution >= 4 is 41.0 Å². The normalized spacial score (nSPS) is 11.4. The van der Waals surface area contributed by atoms with Gasteiger partial charge in [-0.25, -0.2) is 4.98 Å². The monoisotopic (exact) mass is 459 g/mol. The number of methoxy groups -OCH3 is 1. The van der Waals surface area contributed by atoms with Gasteiger partial charge in [-0.1, -0.05) is 12.1 Å². The average molecular weight is 459 g/mol. The summed E-state index contributed by atoms with van der Waals surface area (Å²) in [6, 6.07) is 8.27. The maximum atomic E-state index is 5.06. The van der Waals surface area contributed by atoms with Crippen LogP contribution in [0.15, 0.2) is 29.3 Å². The van der Waals surface area contributed by atoms with E-state index < -0.39 is 0 Å². The van der Waals surface area contributed by atoms with Gasteiger partial charge in [0.1, 0.15) is 5.82 Å². The Morgan fingerprint density at radius 2 is 2.04 bits per heavy atom. The number of aryl methyl sites for hydroxylation is 2. The molecular weight excluding hydrogens is 429 g/mol. The number of imidazole rings is 1. The molecule has 2 aromatic rings. The highest BCUT2D eigenvalue weighted by Gasteiger charge is 2.05. The smallest absolute Gasteiger partial charge is 0.191 e. The van der Waals surface area contributed by atoms with E-state index in [4.69, 9.17) is 4.74 Å². The van der Waals surface area contributed by atoms with Gasteiger partial charge in [-0.05, 0) is 38.8 Å². The zero-order chi connectivity index (χ0) is 17.2.